The third-order valence-electron chi connectivity index (χ3n) is 8.94. The van der Waals surface area contributed by atoms with E-state index in [4.69, 9.17) is 11.2 Å². The number of ether oxygens (including phenoxy) is 1. The lowest BCUT2D eigenvalue weighted by Crippen LogP contribution is -2.54. The summed E-state index contributed by atoms with van der Waals surface area (Å²) in [6.07, 6.45) is 15.6. The van der Waals surface area contributed by atoms with Gasteiger partial charge in [-0.25, -0.2) is 0 Å². The number of methoxy groups -OCH3 is 1. The topological polar surface area (TPSA) is 43.4 Å². The molecule has 0 aromatic carbocycles. The Morgan fingerprint density at radius 3 is 2.58 bits per heavy atom. The van der Waals surface area contributed by atoms with Gasteiger partial charge in [0.1, 0.15) is 5.41 Å². The van der Waals surface area contributed by atoms with Crippen LogP contribution in [0, 0.1) is 46.3 Å². The van der Waals surface area contributed by atoms with Gasteiger partial charge in [-0.15, -0.1) is 6.42 Å². The molecule has 0 saturated heterocycles. The maximum atomic E-state index is 12.7. The minimum absolute atomic E-state index is 0.158. The van der Waals surface area contributed by atoms with Crippen LogP contribution in [0.3, 0.4) is 0 Å². The summed E-state index contributed by atoms with van der Waals surface area (Å²) in [5.74, 6) is 4.68. The Kier molecular flexibility index (Phi) is 3.92. The van der Waals surface area contributed by atoms with Crippen LogP contribution in [0.15, 0.2) is 11.6 Å². The van der Waals surface area contributed by atoms with Crippen molar-refractivity contribution >= 4 is 11.8 Å². The van der Waals surface area contributed by atoms with Crippen LogP contribution in [-0.2, 0) is 14.3 Å². The van der Waals surface area contributed by atoms with Gasteiger partial charge in [-0.1, -0.05) is 25.3 Å². The Bertz CT molecular complexity index is 728. The first-order valence-corrected chi connectivity index (χ1v) is 10.1. The zero-order chi connectivity index (χ0) is 18.7. The molecule has 4 aliphatic rings. The summed E-state index contributed by atoms with van der Waals surface area (Å²) in [7, 11) is 1.46. The van der Waals surface area contributed by atoms with E-state index >= 15 is 0 Å². The highest BCUT2D eigenvalue weighted by molar-refractivity contribution is 5.91. The molecule has 3 nitrogen and oxygen atoms in total. The molecule has 0 aliphatic heterocycles. The average molecular weight is 354 g/mol. The molecular weight excluding hydrogens is 324 g/mol. The Balaban J connectivity index is 1.71. The van der Waals surface area contributed by atoms with E-state index in [0.29, 0.717) is 30.0 Å². The molecule has 3 saturated carbocycles. The normalized spacial score (nSPS) is 47.1. The first-order valence-electron chi connectivity index (χ1n) is 10.1. The summed E-state index contributed by atoms with van der Waals surface area (Å²) in [5, 5.41) is 0. The van der Waals surface area contributed by atoms with Gasteiger partial charge in [0.05, 0.1) is 7.11 Å². The summed E-state index contributed by atoms with van der Waals surface area (Å²) in [5.41, 5.74) is 0.604. The van der Waals surface area contributed by atoms with Crippen molar-refractivity contribution in [3.63, 3.8) is 0 Å². The van der Waals surface area contributed by atoms with Gasteiger partial charge in [0.2, 0.25) is 0 Å². The molecule has 0 N–H and O–H groups in total. The van der Waals surface area contributed by atoms with Gasteiger partial charge in [0.15, 0.2) is 5.78 Å². The largest absolute Gasteiger partial charge is 0.468 e. The van der Waals surface area contributed by atoms with Crippen LogP contribution in [0.2, 0.25) is 0 Å². The van der Waals surface area contributed by atoms with E-state index in [0.717, 1.165) is 44.9 Å². The van der Waals surface area contributed by atoms with E-state index in [2.05, 4.69) is 19.8 Å². The fraction of sp³-hybridized carbons (Fsp3) is 0.739. The highest BCUT2D eigenvalue weighted by Gasteiger charge is 2.66. The third-order valence-corrected chi connectivity index (χ3v) is 8.94. The molecule has 0 radical (unpaired) electrons. The predicted molar refractivity (Wildman–Crippen MR) is 100.0 cm³/mol. The lowest BCUT2D eigenvalue weighted by molar-refractivity contribution is -0.160. The van der Waals surface area contributed by atoms with Crippen LogP contribution in [0.1, 0.15) is 65.2 Å². The van der Waals surface area contributed by atoms with Gasteiger partial charge in [0, 0.05) is 6.42 Å². The Hall–Kier alpha value is -1.56. The molecule has 6 atom stereocenters. The molecule has 0 amide bonds. The fourth-order valence-electron chi connectivity index (χ4n) is 7.40. The molecule has 3 heteroatoms. The standard InChI is InChI=1S/C23H30O3/c1-5-23(20(25)26-4)13-10-19-17-7-6-15-14-16(24)8-11-21(15,2)18(17)9-12-22(19,23)3/h1,14,17-19H,6-13H2,2-4H3/t17-,18+,19+,21-,22-,23+/m0/s1. The van der Waals surface area contributed by atoms with Crippen molar-refractivity contribution in [3.05, 3.63) is 11.6 Å². The minimum atomic E-state index is -0.767. The molecular formula is C23H30O3. The molecule has 0 unspecified atom stereocenters. The van der Waals surface area contributed by atoms with E-state index < -0.39 is 5.41 Å². The van der Waals surface area contributed by atoms with E-state index in [9.17, 15) is 9.59 Å². The number of ketones is 1. The fourth-order valence-corrected chi connectivity index (χ4v) is 7.40. The van der Waals surface area contributed by atoms with Gasteiger partial charge in [-0.2, -0.15) is 0 Å². The second-order valence-corrected chi connectivity index (χ2v) is 9.50. The monoisotopic (exact) mass is 354 g/mol. The number of carbonyl (C=O) groups is 2. The van der Waals surface area contributed by atoms with Crippen LogP contribution >= 0.6 is 0 Å². The van der Waals surface area contributed by atoms with Crippen LogP contribution in [0.4, 0.5) is 0 Å². The summed E-state index contributed by atoms with van der Waals surface area (Å²) in [4.78, 5) is 24.6. The number of terminal acetylenes is 1. The summed E-state index contributed by atoms with van der Waals surface area (Å²) >= 11 is 0. The molecule has 0 spiro atoms. The predicted octanol–water partition coefficient (Wildman–Crippen LogP) is 4.31. The van der Waals surface area contributed by atoms with Gasteiger partial charge < -0.3 is 4.74 Å². The minimum Gasteiger partial charge on any atom is -0.468 e. The van der Waals surface area contributed by atoms with E-state index in [1.807, 2.05) is 6.08 Å². The molecule has 4 rings (SSSR count). The zero-order valence-electron chi connectivity index (χ0n) is 16.3. The number of hydrogen-bond acceptors (Lipinski definition) is 3. The quantitative estimate of drug-likeness (QED) is 0.520. The molecule has 0 aromatic heterocycles. The molecule has 0 heterocycles. The zero-order valence-corrected chi connectivity index (χ0v) is 16.3. The van der Waals surface area contributed by atoms with Gasteiger partial charge in [-0.05, 0) is 79.6 Å². The van der Waals surface area contributed by atoms with Gasteiger partial charge in [-0.3, -0.25) is 9.59 Å². The molecule has 0 aromatic rings. The summed E-state index contributed by atoms with van der Waals surface area (Å²) in [6, 6.07) is 0. The van der Waals surface area contributed by atoms with Crippen LogP contribution < -0.4 is 0 Å². The van der Waals surface area contributed by atoms with Crippen LogP contribution in [0.25, 0.3) is 0 Å². The maximum absolute atomic E-state index is 12.7. The van der Waals surface area contributed by atoms with Gasteiger partial charge >= 0.3 is 5.97 Å². The number of fused-ring (bicyclic) bond motifs is 5. The SMILES string of the molecule is C#C[C@]1(C(=O)OC)CC[C@@H]2[C@H]3CCC4=CC(=O)CC[C@]4(C)[C@@H]3CC[C@@]21C. The lowest BCUT2D eigenvalue weighted by atomic mass is 9.45. The number of rotatable bonds is 1. The van der Waals surface area contributed by atoms with Crippen molar-refractivity contribution in [2.45, 2.75) is 65.2 Å². The highest BCUT2D eigenvalue weighted by Crippen LogP contribution is 2.69. The molecule has 140 valence electrons. The number of esters is 1. The second kappa shape index (κ2) is 5.72. The number of hydrogen-bond donors (Lipinski definition) is 0. The van der Waals surface area contributed by atoms with Crippen molar-refractivity contribution in [2.24, 2.45) is 34.0 Å². The van der Waals surface area contributed by atoms with Crippen molar-refractivity contribution in [3.8, 4) is 12.3 Å². The molecule has 4 aliphatic carbocycles. The Labute approximate surface area is 156 Å². The molecule has 26 heavy (non-hydrogen) atoms. The van der Waals surface area contributed by atoms with Crippen molar-refractivity contribution in [2.75, 3.05) is 7.11 Å². The smallest absolute Gasteiger partial charge is 0.324 e. The average Bonchev–Trinajstić information content (AvgIpc) is 2.95. The Morgan fingerprint density at radius 2 is 1.88 bits per heavy atom. The molecule has 0 bridgehead atoms. The second-order valence-electron chi connectivity index (χ2n) is 9.50. The first kappa shape index (κ1) is 17.8. The van der Waals surface area contributed by atoms with E-state index in [1.54, 1.807) is 0 Å². The van der Waals surface area contributed by atoms with Crippen molar-refractivity contribution in [1.82, 2.24) is 0 Å². The summed E-state index contributed by atoms with van der Waals surface area (Å²) in [6.45, 7) is 4.63. The van der Waals surface area contributed by atoms with E-state index in [1.165, 1.54) is 12.7 Å². The summed E-state index contributed by atoms with van der Waals surface area (Å²) < 4.78 is 5.17. The van der Waals surface area contributed by atoms with Crippen LogP contribution in [0.5, 0.6) is 0 Å². The number of allylic oxidation sites excluding steroid dienone is 1. The molecule has 3 fully saturated rings. The van der Waals surface area contributed by atoms with Crippen molar-refractivity contribution < 1.29 is 14.3 Å². The maximum Gasteiger partial charge on any atom is 0.324 e. The first-order chi connectivity index (χ1) is 12.3. The lowest BCUT2D eigenvalue weighted by Gasteiger charge is -2.58. The van der Waals surface area contributed by atoms with Gasteiger partial charge in [0.25, 0.3) is 0 Å². The Morgan fingerprint density at radius 1 is 1.15 bits per heavy atom. The number of carbonyl (C=O) groups excluding carboxylic acids is 2. The van der Waals surface area contributed by atoms with Crippen LogP contribution in [-0.4, -0.2) is 18.9 Å². The third kappa shape index (κ3) is 2.02. The van der Waals surface area contributed by atoms with Crippen molar-refractivity contribution in [1.29, 1.82) is 0 Å². The van der Waals surface area contributed by atoms with E-state index in [-0.39, 0.29) is 16.8 Å². The highest BCUT2D eigenvalue weighted by atomic mass is 16.5.